The first kappa shape index (κ1) is 45.1. The predicted octanol–water partition coefficient (Wildman–Crippen LogP) is -4.77. The molecule has 316 valence electrons. The molecule has 4 rings (SSSR count). The first-order valence-corrected chi connectivity index (χ1v) is 17.7. The van der Waals surface area contributed by atoms with Crippen LogP contribution in [-0.2, 0) is 58.9 Å². The van der Waals surface area contributed by atoms with Crippen LogP contribution in [0, 0.1) is 0 Å². The normalized spacial score (nSPS) is 36.4. The standard InChI is InChI=1S/C34H51N3O19/c1-14-21(35-15(2)40)29(56-33-27(46)25(44)28(20(11-39)54-33)55-32-26(45)24(43)23(42)19(10-38)53-32)22(36-16(3)41)31(52-14)50-13-18(30(47)49-4)37-34(48)51-12-17-8-6-5-7-9-17/h5-9,14,18-29,31-33,38-39,42-46H,10-13H2,1-4H3,(H,35,40)(H,36,41)(H,37,48)/t14-,18+,19-,20-,21+,22-,23+,24+,25-,26-,27-,28+,29+,31+,32+,33-/m1/s1. The maximum atomic E-state index is 12.7. The Kier molecular flexibility index (Phi) is 16.7. The Morgan fingerprint density at radius 3 is 1.89 bits per heavy atom. The van der Waals surface area contributed by atoms with E-state index in [1.807, 2.05) is 0 Å². The van der Waals surface area contributed by atoms with E-state index in [1.165, 1.54) is 13.8 Å². The molecule has 3 heterocycles. The number of amides is 3. The van der Waals surface area contributed by atoms with Gasteiger partial charge in [-0.25, -0.2) is 9.59 Å². The second kappa shape index (κ2) is 20.7. The lowest BCUT2D eigenvalue weighted by Gasteiger charge is -2.49. The number of aliphatic hydroxyl groups excluding tert-OH is 7. The van der Waals surface area contributed by atoms with Gasteiger partial charge in [-0.15, -0.1) is 0 Å². The van der Waals surface area contributed by atoms with Crippen LogP contribution >= 0.6 is 0 Å². The van der Waals surface area contributed by atoms with Gasteiger partial charge in [0.15, 0.2) is 24.9 Å². The zero-order valence-electron chi connectivity index (χ0n) is 31.0. The minimum absolute atomic E-state index is 0.111. The smallest absolute Gasteiger partial charge is 0.408 e. The van der Waals surface area contributed by atoms with Crippen molar-refractivity contribution in [1.29, 1.82) is 0 Å². The van der Waals surface area contributed by atoms with Gasteiger partial charge in [0.05, 0.1) is 39.1 Å². The molecule has 0 saturated carbocycles. The van der Waals surface area contributed by atoms with Crippen molar-refractivity contribution in [2.45, 2.75) is 125 Å². The zero-order chi connectivity index (χ0) is 41.3. The fraction of sp³-hybridized carbons (Fsp3) is 0.706. The average Bonchev–Trinajstić information content (AvgIpc) is 3.17. The van der Waals surface area contributed by atoms with E-state index in [-0.39, 0.29) is 6.61 Å². The van der Waals surface area contributed by atoms with Crippen LogP contribution in [-0.4, -0.2) is 185 Å². The van der Waals surface area contributed by atoms with Crippen LogP contribution in [0.4, 0.5) is 4.79 Å². The van der Waals surface area contributed by atoms with E-state index in [4.69, 9.17) is 37.9 Å². The number of carbonyl (C=O) groups excluding carboxylic acids is 4. The van der Waals surface area contributed by atoms with Gasteiger partial charge < -0.3 is 89.6 Å². The molecule has 3 fully saturated rings. The predicted molar refractivity (Wildman–Crippen MR) is 182 cm³/mol. The van der Waals surface area contributed by atoms with Gasteiger partial charge in [-0.05, 0) is 12.5 Å². The zero-order valence-corrected chi connectivity index (χ0v) is 31.0. The number of methoxy groups -OCH3 is 1. The number of esters is 1. The van der Waals surface area contributed by atoms with Gasteiger partial charge in [0.25, 0.3) is 0 Å². The van der Waals surface area contributed by atoms with Gasteiger partial charge in [-0.3, -0.25) is 9.59 Å². The minimum Gasteiger partial charge on any atom is -0.467 e. The summed E-state index contributed by atoms with van der Waals surface area (Å²) in [7, 11) is 1.08. The minimum atomic E-state index is -1.99. The molecule has 0 bridgehead atoms. The van der Waals surface area contributed by atoms with Crippen LogP contribution in [0.1, 0.15) is 26.3 Å². The molecular weight excluding hydrogens is 754 g/mol. The molecular formula is C34H51N3O19. The second-order valence-corrected chi connectivity index (χ2v) is 13.4. The topological polar surface area (TPSA) is 320 Å². The van der Waals surface area contributed by atoms with Crippen molar-refractivity contribution < 1.29 is 92.8 Å². The van der Waals surface area contributed by atoms with Gasteiger partial charge in [0.2, 0.25) is 11.8 Å². The maximum absolute atomic E-state index is 12.7. The van der Waals surface area contributed by atoms with Crippen LogP contribution in [0.15, 0.2) is 30.3 Å². The number of rotatable bonds is 15. The van der Waals surface area contributed by atoms with Crippen LogP contribution in [0.5, 0.6) is 0 Å². The van der Waals surface area contributed by atoms with E-state index in [9.17, 15) is 54.9 Å². The molecule has 56 heavy (non-hydrogen) atoms. The summed E-state index contributed by atoms with van der Waals surface area (Å²) in [5, 5.41) is 80.5. The molecule has 22 nitrogen and oxygen atoms in total. The Bertz CT molecular complexity index is 1440. The average molecular weight is 806 g/mol. The fourth-order valence-corrected chi connectivity index (χ4v) is 6.39. The van der Waals surface area contributed by atoms with Crippen molar-refractivity contribution >= 4 is 23.9 Å². The van der Waals surface area contributed by atoms with E-state index in [2.05, 4.69) is 16.0 Å². The van der Waals surface area contributed by atoms with Gasteiger partial charge in [0.1, 0.15) is 67.6 Å². The van der Waals surface area contributed by atoms with Crippen molar-refractivity contribution in [1.82, 2.24) is 16.0 Å². The molecule has 3 saturated heterocycles. The molecule has 0 spiro atoms. The van der Waals surface area contributed by atoms with Gasteiger partial charge in [0, 0.05) is 13.8 Å². The quantitative estimate of drug-likeness (QED) is 0.0744. The number of benzene rings is 1. The lowest BCUT2D eigenvalue weighted by molar-refractivity contribution is -0.368. The second-order valence-electron chi connectivity index (χ2n) is 13.4. The Morgan fingerprint density at radius 1 is 0.732 bits per heavy atom. The highest BCUT2D eigenvalue weighted by molar-refractivity contribution is 5.81. The molecule has 0 aliphatic carbocycles. The first-order chi connectivity index (χ1) is 26.6. The van der Waals surface area contributed by atoms with Gasteiger partial charge in [-0.1, -0.05) is 30.3 Å². The van der Waals surface area contributed by atoms with Crippen LogP contribution in [0.25, 0.3) is 0 Å². The monoisotopic (exact) mass is 805 g/mol. The summed E-state index contributed by atoms with van der Waals surface area (Å²) in [6, 6.07) is 4.83. The molecule has 0 unspecified atom stereocenters. The third-order valence-corrected chi connectivity index (χ3v) is 9.26. The van der Waals surface area contributed by atoms with Crippen molar-refractivity contribution in [3.05, 3.63) is 35.9 Å². The number of carbonyl (C=O) groups is 4. The summed E-state index contributed by atoms with van der Waals surface area (Å²) in [4.78, 5) is 50.2. The summed E-state index contributed by atoms with van der Waals surface area (Å²) < 4.78 is 44.8. The molecule has 0 radical (unpaired) electrons. The lowest BCUT2D eigenvalue weighted by Crippen LogP contribution is -2.70. The Balaban J connectivity index is 1.53. The Morgan fingerprint density at radius 2 is 1.30 bits per heavy atom. The molecule has 1 aromatic carbocycles. The molecule has 3 aliphatic heterocycles. The molecule has 16 atom stereocenters. The van der Waals surface area contributed by atoms with Gasteiger partial charge in [-0.2, -0.15) is 0 Å². The SMILES string of the molecule is COC(=O)[C@H](CO[C@H]1O[C@H](C)[C@H](NC(C)=O)[C@H](O[C@H]2O[C@H](CO)[C@H](O[C@@H]3O[C@H](CO)[C@H](O)[C@H](O)[C@H]3O)[C@H](O)[C@H]2O)[C@H]1NC(C)=O)NC(=O)OCc1ccccc1. The van der Waals surface area contributed by atoms with Crippen LogP contribution in [0.2, 0.25) is 0 Å². The number of ether oxygens (including phenoxy) is 8. The van der Waals surface area contributed by atoms with Crippen molar-refractivity contribution in [3.63, 3.8) is 0 Å². The third-order valence-electron chi connectivity index (χ3n) is 9.26. The van der Waals surface area contributed by atoms with E-state index in [1.54, 1.807) is 30.3 Å². The molecule has 3 amide bonds. The number of nitrogens with one attached hydrogen (secondary N) is 3. The number of alkyl carbamates (subject to hydrolysis) is 1. The lowest BCUT2D eigenvalue weighted by atomic mass is 9.93. The summed E-state index contributed by atoms with van der Waals surface area (Å²) in [5.41, 5.74) is 0.678. The molecule has 0 aromatic heterocycles. The molecule has 1 aromatic rings. The van der Waals surface area contributed by atoms with E-state index in [0.717, 1.165) is 14.0 Å². The summed E-state index contributed by atoms with van der Waals surface area (Å²) in [6.45, 7) is 1.51. The highest BCUT2D eigenvalue weighted by atomic mass is 16.7. The number of aliphatic hydroxyl groups is 7. The van der Waals surface area contributed by atoms with Gasteiger partial charge >= 0.3 is 12.1 Å². The van der Waals surface area contributed by atoms with Crippen molar-refractivity contribution in [3.8, 4) is 0 Å². The maximum Gasteiger partial charge on any atom is 0.408 e. The Labute approximate surface area is 320 Å². The van der Waals surface area contributed by atoms with E-state index in [0.29, 0.717) is 5.56 Å². The van der Waals surface area contributed by atoms with E-state index >= 15 is 0 Å². The fourth-order valence-electron chi connectivity index (χ4n) is 6.39. The van der Waals surface area contributed by atoms with Crippen LogP contribution in [0.3, 0.4) is 0 Å². The molecule has 3 aliphatic rings. The molecule has 22 heteroatoms. The summed E-state index contributed by atoms with van der Waals surface area (Å²) >= 11 is 0. The van der Waals surface area contributed by atoms with Crippen molar-refractivity contribution in [2.24, 2.45) is 0 Å². The summed E-state index contributed by atoms with van der Waals surface area (Å²) in [6.07, 6.45) is -22.3. The van der Waals surface area contributed by atoms with Crippen LogP contribution < -0.4 is 16.0 Å². The first-order valence-electron chi connectivity index (χ1n) is 17.7. The largest absolute Gasteiger partial charge is 0.467 e. The molecule has 10 N–H and O–H groups in total. The highest BCUT2D eigenvalue weighted by Crippen LogP contribution is 2.33. The van der Waals surface area contributed by atoms with E-state index < -0.39 is 142 Å². The number of hydrogen-bond donors (Lipinski definition) is 10. The number of hydrogen-bond acceptors (Lipinski definition) is 19. The Hall–Kier alpha value is -3.62. The third kappa shape index (κ3) is 11.3. The summed E-state index contributed by atoms with van der Waals surface area (Å²) in [5.74, 6) is -2.13. The van der Waals surface area contributed by atoms with Crippen molar-refractivity contribution in [2.75, 3.05) is 26.9 Å². The highest BCUT2D eigenvalue weighted by Gasteiger charge is 2.54.